The van der Waals surface area contributed by atoms with E-state index >= 15 is 0 Å². The number of benzene rings is 2. The van der Waals surface area contributed by atoms with Crippen LogP contribution in [0, 0.1) is 0 Å². The largest absolute Gasteiger partial charge is 0.368 e. The Morgan fingerprint density at radius 3 is 2.78 bits per heavy atom. The van der Waals surface area contributed by atoms with Gasteiger partial charge in [-0.15, -0.1) is 0 Å². The number of amides is 4. The Kier molecular flexibility index (Phi) is 4.58. The highest BCUT2D eigenvalue weighted by molar-refractivity contribution is 6.07. The van der Waals surface area contributed by atoms with Gasteiger partial charge in [-0.25, -0.2) is 0 Å². The van der Waals surface area contributed by atoms with E-state index in [1.54, 1.807) is 25.1 Å². The second kappa shape index (κ2) is 7.33. The molecule has 32 heavy (non-hydrogen) atoms. The minimum absolute atomic E-state index is 0.208. The van der Waals surface area contributed by atoms with E-state index in [-0.39, 0.29) is 24.1 Å². The van der Waals surface area contributed by atoms with E-state index in [4.69, 9.17) is 0 Å². The zero-order valence-electron chi connectivity index (χ0n) is 17.5. The molecule has 0 aliphatic carbocycles. The van der Waals surface area contributed by atoms with Crippen LogP contribution in [0.25, 0.3) is 6.08 Å². The molecule has 5 rings (SSSR count). The monoisotopic (exact) mass is 430 g/mol. The summed E-state index contributed by atoms with van der Waals surface area (Å²) in [7, 11) is 0. The number of nitrogens with zero attached hydrogens (tertiary/aromatic N) is 1. The van der Waals surface area contributed by atoms with Crippen molar-refractivity contribution in [2.24, 2.45) is 0 Å². The van der Waals surface area contributed by atoms with E-state index in [0.717, 1.165) is 16.8 Å². The lowest BCUT2D eigenvalue weighted by molar-refractivity contribution is -0.137. The number of carbonyl (C=O) groups excluding carboxylic acids is 4. The fourth-order valence-corrected chi connectivity index (χ4v) is 4.36. The van der Waals surface area contributed by atoms with Crippen LogP contribution in [0.1, 0.15) is 41.3 Å². The van der Waals surface area contributed by atoms with Crippen LogP contribution < -0.4 is 16.0 Å². The van der Waals surface area contributed by atoms with Gasteiger partial charge in [-0.3, -0.25) is 24.5 Å². The average molecular weight is 430 g/mol. The SMILES string of the molecule is CC1(C(=O)Nc2ccc3c(c2)C(=O)N(C2CCC(=O)NC2=O)C3)C=Cc2ccccc2N1. The summed E-state index contributed by atoms with van der Waals surface area (Å²) < 4.78 is 0. The summed E-state index contributed by atoms with van der Waals surface area (Å²) in [6, 6.07) is 12.3. The van der Waals surface area contributed by atoms with Crippen LogP contribution in [0.2, 0.25) is 0 Å². The lowest BCUT2D eigenvalue weighted by Gasteiger charge is -2.31. The predicted octanol–water partition coefficient (Wildman–Crippen LogP) is 2.28. The van der Waals surface area contributed by atoms with Crippen LogP contribution in [0.3, 0.4) is 0 Å². The summed E-state index contributed by atoms with van der Waals surface area (Å²) in [5, 5.41) is 8.46. The number of anilines is 2. The van der Waals surface area contributed by atoms with Crippen LogP contribution in [0.5, 0.6) is 0 Å². The Morgan fingerprint density at radius 2 is 1.97 bits per heavy atom. The third kappa shape index (κ3) is 3.33. The van der Waals surface area contributed by atoms with Gasteiger partial charge in [0.15, 0.2) is 0 Å². The average Bonchev–Trinajstić information content (AvgIpc) is 3.09. The summed E-state index contributed by atoms with van der Waals surface area (Å²) in [4.78, 5) is 51.2. The lowest BCUT2D eigenvalue weighted by atomic mass is 9.93. The molecule has 2 aromatic carbocycles. The molecule has 3 aliphatic heterocycles. The van der Waals surface area contributed by atoms with E-state index in [1.165, 1.54) is 4.90 Å². The van der Waals surface area contributed by atoms with Crippen LogP contribution in [-0.4, -0.2) is 40.1 Å². The first-order valence-electron chi connectivity index (χ1n) is 10.5. The number of rotatable bonds is 3. The molecule has 3 aliphatic rings. The number of para-hydroxylation sites is 1. The van der Waals surface area contributed by atoms with E-state index in [0.29, 0.717) is 24.2 Å². The summed E-state index contributed by atoms with van der Waals surface area (Å²) >= 11 is 0. The van der Waals surface area contributed by atoms with Crippen molar-refractivity contribution in [3.63, 3.8) is 0 Å². The molecule has 4 amide bonds. The predicted molar refractivity (Wildman–Crippen MR) is 119 cm³/mol. The fraction of sp³-hybridized carbons (Fsp3) is 0.250. The van der Waals surface area contributed by atoms with E-state index in [2.05, 4.69) is 16.0 Å². The van der Waals surface area contributed by atoms with Gasteiger partial charge in [-0.1, -0.05) is 30.3 Å². The smallest absolute Gasteiger partial charge is 0.255 e. The van der Waals surface area contributed by atoms with Crippen molar-refractivity contribution in [3.8, 4) is 0 Å². The molecule has 0 spiro atoms. The van der Waals surface area contributed by atoms with E-state index in [9.17, 15) is 19.2 Å². The van der Waals surface area contributed by atoms with Gasteiger partial charge in [0, 0.05) is 29.9 Å². The number of carbonyl (C=O) groups is 4. The Bertz CT molecular complexity index is 1200. The van der Waals surface area contributed by atoms with Crippen molar-refractivity contribution in [1.82, 2.24) is 10.2 Å². The molecule has 3 N–H and O–H groups in total. The van der Waals surface area contributed by atoms with Gasteiger partial charge in [0.2, 0.25) is 11.8 Å². The topological polar surface area (TPSA) is 108 Å². The summed E-state index contributed by atoms with van der Waals surface area (Å²) in [5.74, 6) is -1.29. The molecule has 0 aromatic heterocycles. The minimum atomic E-state index is -0.948. The highest BCUT2D eigenvalue weighted by Gasteiger charge is 2.39. The number of hydrogen-bond acceptors (Lipinski definition) is 5. The Hall–Kier alpha value is -3.94. The van der Waals surface area contributed by atoms with Gasteiger partial charge in [-0.05, 0) is 48.7 Å². The maximum absolute atomic E-state index is 13.1. The molecular formula is C24H22N4O4. The maximum atomic E-state index is 13.1. The van der Waals surface area contributed by atoms with Crippen molar-refractivity contribution >= 4 is 41.1 Å². The van der Waals surface area contributed by atoms with Crippen molar-refractivity contribution < 1.29 is 19.2 Å². The highest BCUT2D eigenvalue weighted by Crippen LogP contribution is 2.31. The zero-order chi connectivity index (χ0) is 22.5. The molecule has 2 aromatic rings. The Labute approximate surface area is 184 Å². The normalized spacial score (nSPS) is 23.8. The van der Waals surface area contributed by atoms with Gasteiger partial charge >= 0.3 is 0 Å². The fourth-order valence-electron chi connectivity index (χ4n) is 4.36. The van der Waals surface area contributed by atoms with Crippen molar-refractivity contribution in [3.05, 3.63) is 65.2 Å². The van der Waals surface area contributed by atoms with Gasteiger partial charge in [0.1, 0.15) is 11.6 Å². The molecule has 0 bridgehead atoms. The summed E-state index contributed by atoms with van der Waals surface area (Å²) in [6.07, 6.45) is 4.25. The molecular weight excluding hydrogens is 408 g/mol. The number of piperidine rings is 1. The highest BCUT2D eigenvalue weighted by atomic mass is 16.2. The number of fused-ring (bicyclic) bond motifs is 2. The number of imide groups is 1. The van der Waals surface area contributed by atoms with Gasteiger partial charge < -0.3 is 15.5 Å². The molecule has 8 nitrogen and oxygen atoms in total. The molecule has 162 valence electrons. The summed E-state index contributed by atoms with van der Waals surface area (Å²) in [6.45, 7) is 2.09. The molecule has 1 fully saturated rings. The van der Waals surface area contributed by atoms with Crippen molar-refractivity contribution in [2.45, 2.75) is 37.9 Å². The van der Waals surface area contributed by atoms with Gasteiger partial charge in [0.05, 0.1) is 0 Å². The first kappa shape index (κ1) is 20.0. The van der Waals surface area contributed by atoms with Crippen LogP contribution in [0.4, 0.5) is 11.4 Å². The number of hydrogen-bond donors (Lipinski definition) is 3. The second-order valence-corrected chi connectivity index (χ2v) is 8.47. The first-order chi connectivity index (χ1) is 15.3. The van der Waals surface area contributed by atoms with E-state index < -0.39 is 17.5 Å². The molecule has 2 atom stereocenters. The van der Waals surface area contributed by atoms with E-state index in [1.807, 2.05) is 36.4 Å². The van der Waals surface area contributed by atoms with Crippen molar-refractivity contribution in [2.75, 3.05) is 10.6 Å². The van der Waals surface area contributed by atoms with Crippen LogP contribution in [0.15, 0.2) is 48.5 Å². The molecule has 0 radical (unpaired) electrons. The zero-order valence-corrected chi connectivity index (χ0v) is 17.5. The summed E-state index contributed by atoms with van der Waals surface area (Å²) in [5.41, 5.74) is 2.67. The molecule has 3 heterocycles. The first-order valence-corrected chi connectivity index (χ1v) is 10.5. The maximum Gasteiger partial charge on any atom is 0.255 e. The standard InChI is InChI=1S/C24H22N4O4/c1-24(11-10-14-4-2-3-5-18(14)27-24)23(32)25-16-7-6-15-13-28(22(31)17(15)12-16)19-8-9-20(29)26-21(19)30/h2-7,10-12,19,27H,8-9,13H2,1H3,(H,25,32)(H,26,29,30). The Balaban J connectivity index is 1.33. The molecule has 0 saturated carbocycles. The lowest BCUT2D eigenvalue weighted by Crippen LogP contribution is -2.52. The minimum Gasteiger partial charge on any atom is -0.368 e. The molecule has 1 saturated heterocycles. The second-order valence-electron chi connectivity index (χ2n) is 8.47. The van der Waals surface area contributed by atoms with Crippen LogP contribution >= 0.6 is 0 Å². The third-order valence-corrected chi connectivity index (χ3v) is 6.21. The van der Waals surface area contributed by atoms with Crippen molar-refractivity contribution in [1.29, 1.82) is 0 Å². The number of nitrogens with one attached hydrogen (secondary N) is 3. The van der Waals surface area contributed by atoms with Crippen LogP contribution in [-0.2, 0) is 20.9 Å². The third-order valence-electron chi connectivity index (χ3n) is 6.21. The molecule has 2 unspecified atom stereocenters. The quantitative estimate of drug-likeness (QED) is 0.648. The molecule has 8 heteroatoms. The Morgan fingerprint density at radius 1 is 1.16 bits per heavy atom. The van der Waals surface area contributed by atoms with Gasteiger partial charge in [0.25, 0.3) is 11.8 Å². The van der Waals surface area contributed by atoms with Gasteiger partial charge in [-0.2, -0.15) is 0 Å².